The minimum Gasteiger partial charge on any atom is -0.311 e. The van der Waals surface area contributed by atoms with Gasteiger partial charge < -0.3 is 9.80 Å². The molecule has 0 fully saturated rings. The van der Waals surface area contributed by atoms with Gasteiger partial charge in [-0.3, -0.25) is 0 Å². The first-order valence-corrected chi connectivity index (χ1v) is 29.4. The Labute approximate surface area is 505 Å². The van der Waals surface area contributed by atoms with Gasteiger partial charge in [0.1, 0.15) is 0 Å². The van der Waals surface area contributed by atoms with Gasteiger partial charge in [0.15, 0.2) is 0 Å². The molecule has 406 valence electrons. The van der Waals surface area contributed by atoms with Gasteiger partial charge in [-0.15, -0.1) is 0 Å². The van der Waals surface area contributed by atoms with Crippen molar-refractivity contribution in [1.82, 2.24) is 0 Å². The largest absolute Gasteiger partial charge is 0.311 e. The number of anilines is 6. The van der Waals surface area contributed by atoms with E-state index in [-0.39, 0.29) is 0 Å². The molecule has 0 heterocycles. The van der Waals surface area contributed by atoms with Crippen molar-refractivity contribution in [3.8, 4) is 100 Å². The van der Waals surface area contributed by atoms with E-state index >= 15 is 0 Å². The van der Waals surface area contributed by atoms with E-state index in [2.05, 4.69) is 374 Å². The van der Waals surface area contributed by atoms with Crippen LogP contribution in [0.15, 0.2) is 364 Å². The fourth-order valence-electron chi connectivity index (χ4n) is 11.8. The van der Waals surface area contributed by atoms with Gasteiger partial charge in [0.05, 0.1) is 0 Å². The van der Waals surface area contributed by atoms with E-state index < -0.39 is 0 Å². The van der Waals surface area contributed by atoms with Gasteiger partial charge in [-0.1, -0.05) is 255 Å². The lowest BCUT2D eigenvalue weighted by Gasteiger charge is -2.27. The molecular formula is C84H60N2. The average Bonchev–Trinajstić information content (AvgIpc) is 3.06. The Kier molecular flexibility index (Phi) is 14.9. The van der Waals surface area contributed by atoms with Gasteiger partial charge in [0, 0.05) is 34.1 Å². The van der Waals surface area contributed by atoms with Crippen LogP contribution in [0.4, 0.5) is 34.1 Å². The summed E-state index contributed by atoms with van der Waals surface area (Å²) in [7, 11) is 0. The fraction of sp³-hybridized carbons (Fsp3) is 0. The molecular weight excluding hydrogens is 1040 g/mol. The van der Waals surface area contributed by atoms with Crippen LogP contribution in [0.1, 0.15) is 0 Å². The SMILES string of the molecule is c1ccc(-c2ccc(N(c3ccc(-c4ccc(N(c5ccc(-c6ccccc6)cc5)c5ccc(-c6cc(-c7ccccc7)cc(-c7ccccc7)c6)cc5)cc4)cc3)c3ccc(-c4cc(-c5ccccc5)cc(-c5ccccc5)c4)cc3)cc2)cc1. The van der Waals surface area contributed by atoms with Crippen molar-refractivity contribution in [1.29, 1.82) is 0 Å². The molecule has 0 atom stereocenters. The number of rotatable bonds is 15. The molecule has 0 amide bonds. The van der Waals surface area contributed by atoms with E-state index in [9.17, 15) is 0 Å². The van der Waals surface area contributed by atoms with Crippen LogP contribution in [0.2, 0.25) is 0 Å². The van der Waals surface area contributed by atoms with Crippen LogP contribution in [0, 0.1) is 0 Å². The minimum atomic E-state index is 1.07. The summed E-state index contributed by atoms with van der Waals surface area (Å²) < 4.78 is 0. The average molecular weight is 1100 g/mol. The third-order valence-electron chi connectivity index (χ3n) is 16.3. The molecule has 14 aromatic carbocycles. The maximum atomic E-state index is 2.36. The molecule has 0 aliphatic heterocycles. The van der Waals surface area contributed by atoms with Crippen molar-refractivity contribution >= 4 is 34.1 Å². The lowest BCUT2D eigenvalue weighted by Crippen LogP contribution is -2.10. The summed E-state index contributed by atoms with van der Waals surface area (Å²) in [5.41, 5.74) is 27.7. The molecule has 14 rings (SSSR count). The Morgan fingerprint density at radius 2 is 0.221 bits per heavy atom. The van der Waals surface area contributed by atoms with Crippen molar-refractivity contribution in [2.45, 2.75) is 0 Å². The normalized spacial score (nSPS) is 11.0. The van der Waals surface area contributed by atoms with Crippen molar-refractivity contribution in [2.75, 3.05) is 9.80 Å². The van der Waals surface area contributed by atoms with Crippen LogP contribution in [0.3, 0.4) is 0 Å². The summed E-state index contributed by atoms with van der Waals surface area (Å²) >= 11 is 0. The van der Waals surface area contributed by atoms with E-state index in [1.165, 1.54) is 77.9 Å². The van der Waals surface area contributed by atoms with Crippen LogP contribution < -0.4 is 9.80 Å². The van der Waals surface area contributed by atoms with Gasteiger partial charge >= 0.3 is 0 Å². The Bertz CT molecular complexity index is 4100. The summed E-state index contributed by atoms with van der Waals surface area (Å²) in [4.78, 5) is 4.71. The molecule has 86 heavy (non-hydrogen) atoms. The van der Waals surface area contributed by atoms with Crippen molar-refractivity contribution in [2.24, 2.45) is 0 Å². The van der Waals surface area contributed by atoms with Crippen molar-refractivity contribution in [3.63, 3.8) is 0 Å². The molecule has 0 aliphatic rings. The van der Waals surface area contributed by atoms with Crippen LogP contribution in [-0.4, -0.2) is 0 Å². The minimum absolute atomic E-state index is 1.07. The van der Waals surface area contributed by atoms with Crippen molar-refractivity contribution < 1.29 is 0 Å². The van der Waals surface area contributed by atoms with Crippen molar-refractivity contribution in [3.05, 3.63) is 364 Å². The summed E-state index contributed by atoms with van der Waals surface area (Å²) in [5, 5.41) is 0. The topological polar surface area (TPSA) is 6.48 Å². The van der Waals surface area contributed by atoms with Crippen LogP contribution >= 0.6 is 0 Å². The Morgan fingerprint density at radius 1 is 0.105 bits per heavy atom. The number of hydrogen-bond donors (Lipinski definition) is 0. The van der Waals surface area contributed by atoms with Crippen LogP contribution in [0.25, 0.3) is 100 Å². The molecule has 0 aromatic heterocycles. The second kappa shape index (κ2) is 24.3. The molecule has 0 N–H and O–H groups in total. The molecule has 2 heteroatoms. The first-order valence-electron chi connectivity index (χ1n) is 29.4. The van der Waals surface area contributed by atoms with Gasteiger partial charge in [0.2, 0.25) is 0 Å². The molecule has 0 saturated heterocycles. The van der Waals surface area contributed by atoms with Gasteiger partial charge in [-0.2, -0.15) is 0 Å². The number of hydrogen-bond acceptors (Lipinski definition) is 2. The maximum absolute atomic E-state index is 2.36. The summed E-state index contributed by atoms with van der Waals surface area (Å²) in [6.45, 7) is 0. The Hall–Kier alpha value is -11.3. The molecule has 2 nitrogen and oxygen atoms in total. The molecule has 14 aromatic rings. The van der Waals surface area contributed by atoms with Gasteiger partial charge in [-0.05, 0) is 209 Å². The predicted molar refractivity (Wildman–Crippen MR) is 365 cm³/mol. The zero-order chi connectivity index (χ0) is 57.4. The lowest BCUT2D eigenvalue weighted by atomic mass is 9.93. The summed E-state index contributed by atoms with van der Waals surface area (Å²) in [5.74, 6) is 0. The molecule has 0 spiro atoms. The summed E-state index contributed by atoms with van der Waals surface area (Å²) in [6.07, 6.45) is 0. The smallest absolute Gasteiger partial charge is 0.0462 e. The van der Waals surface area contributed by atoms with E-state index in [0.717, 1.165) is 56.4 Å². The van der Waals surface area contributed by atoms with Gasteiger partial charge in [-0.25, -0.2) is 0 Å². The quantitative estimate of drug-likeness (QED) is 0.101. The second-order valence-corrected chi connectivity index (χ2v) is 21.7. The highest BCUT2D eigenvalue weighted by molar-refractivity contribution is 5.87. The fourth-order valence-corrected chi connectivity index (χ4v) is 11.8. The number of nitrogens with zero attached hydrogens (tertiary/aromatic N) is 2. The van der Waals surface area contributed by atoms with E-state index in [1.807, 2.05) is 0 Å². The monoisotopic (exact) mass is 1100 g/mol. The highest BCUT2D eigenvalue weighted by atomic mass is 15.1. The Balaban J connectivity index is 0.788. The predicted octanol–water partition coefficient (Wildman–Crippen LogP) is 23.6. The molecule has 0 radical (unpaired) electrons. The van der Waals surface area contributed by atoms with Crippen LogP contribution in [-0.2, 0) is 0 Å². The summed E-state index contributed by atoms with van der Waals surface area (Å²) in [6, 6.07) is 132. The highest BCUT2D eigenvalue weighted by Gasteiger charge is 2.18. The standard InChI is InChI=1S/C84H60N2/c1-7-19-61(20-8-1)67-31-43-79(44-32-67)85(83-51-39-71(40-52-83)77-57-73(63-23-11-3-12-24-63)55-74(58-77)64-25-13-4-14-26-64)81-47-35-69(36-48-81)70-37-49-82(50-38-70)86(80-45-33-68(34-46-80)62-21-9-2-10-22-62)84-53-41-72(42-54-84)78-59-75(65-27-15-5-16-28-65)56-76(60-78)66-29-17-6-18-30-66/h1-60H. The van der Waals surface area contributed by atoms with Gasteiger partial charge in [0.25, 0.3) is 0 Å². The Morgan fingerprint density at radius 3 is 0.372 bits per heavy atom. The van der Waals surface area contributed by atoms with E-state index in [1.54, 1.807) is 0 Å². The lowest BCUT2D eigenvalue weighted by molar-refractivity contribution is 1.28. The third-order valence-corrected chi connectivity index (χ3v) is 16.3. The molecule has 0 aliphatic carbocycles. The molecule has 0 saturated carbocycles. The maximum Gasteiger partial charge on any atom is 0.0462 e. The van der Waals surface area contributed by atoms with E-state index in [4.69, 9.17) is 0 Å². The van der Waals surface area contributed by atoms with Crippen LogP contribution in [0.5, 0.6) is 0 Å². The first-order chi connectivity index (χ1) is 42.6. The first kappa shape index (κ1) is 52.7. The molecule has 0 bridgehead atoms. The van der Waals surface area contributed by atoms with E-state index in [0.29, 0.717) is 0 Å². The highest BCUT2D eigenvalue weighted by Crippen LogP contribution is 2.42. The third kappa shape index (κ3) is 11.4. The zero-order valence-electron chi connectivity index (χ0n) is 47.5. The molecule has 0 unspecified atom stereocenters. The number of benzene rings is 14. The zero-order valence-corrected chi connectivity index (χ0v) is 47.5. The second-order valence-electron chi connectivity index (χ2n) is 21.7.